The SMILES string of the molecule is COc1ccccc1CNC(=O)N(C)CCOc1ccc(F)cc1. The zero-order valence-electron chi connectivity index (χ0n) is 13.8. The van der Waals surface area contributed by atoms with Gasteiger partial charge in [-0.15, -0.1) is 0 Å². The van der Waals surface area contributed by atoms with Gasteiger partial charge in [-0.25, -0.2) is 9.18 Å². The lowest BCUT2D eigenvalue weighted by atomic mass is 10.2. The number of nitrogens with zero attached hydrogens (tertiary/aromatic N) is 1. The summed E-state index contributed by atoms with van der Waals surface area (Å²) in [5.74, 6) is 0.995. The van der Waals surface area contributed by atoms with E-state index in [1.807, 2.05) is 24.3 Å². The highest BCUT2D eigenvalue weighted by Gasteiger charge is 2.09. The number of carbonyl (C=O) groups is 1. The molecule has 2 rings (SSSR count). The summed E-state index contributed by atoms with van der Waals surface area (Å²) < 4.78 is 23.5. The first-order chi connectivity index (χ1) is 11.6. The number of ether oxygens (including phenoxy) is 2. The summed E-state index contributed by atoms with van der Waals surface area (Å²) in [6.07, 6.45) is 0. The minimum absolute atomic E-state index is 0.205. The van der Waals surface area contributed by atoms with Crippen molar-refractivity contribution >= 4 is 6.03 Å². The molecule has 0 saturated carbocycles. The molecule has 0 aliphatic heterocycles. The summed E-state index contributed by atoms with van der Waals surface area (Å²) in [5.41, 5.74) is 0.907. The third-order valence-corrected chi connectivity index (χ3v) is 3.48. The highest BCUT2D eigenvalue weighted by Crippen LogP contribution is 2.16. The minimum atomic E-state index is -0.310. The number of hydrogen-bond acceptors (Lipinski definition) is 3. The molecule has 2 amide bonds. The van der Waals surface area contributed by atoms with Gasteiger partial charge >= 0.3 is 6.03 Å². The fraction of sp³-hybridized carbons (Fsp3) is 0.278. The Hall–Kier alpha value is -2.76. The van der Waals surface area contributed by atoms with Gasteiger partial charge in [0, 0.05) is 19.2 Å². The van der Waals surface area contributed by atoms with Gasteiger partial charge in [-0.05, 0) is 30.3 Å². The number of benzene rings is 2. The number of halogens is 1. The molecule has 0 aliphatic carbocycles. The van der Waals surface area contributed by atoms with Crippen molar-refractivity contribution < 1.29 is 18.7 Å². The van der Waals surface area contributed by atoms with Gasteiger partial charge in [-0.3, -0.25) is 0 Å². The van der Waals surface area contributed by atoms with E-state index in [0.29, 0.717) is 25.4 Å². The van der Waals surface area contributed by atoms with Crippen LogP contribution in [0.1, 0.15) is 5.56 Å². The molecule has 0 saturated heterocycles. The number of nitrogens with one attached hydrogen (secondary N) is 1. The molecular weight excluding hydrogens is 311 g/mol. The van der Waals surface area contributed by atoms with Gasteiger partial charge in [0.15, 0.2) is 0 Å². The van der Waals surface area contributed by atoms with E-state index < -0.39 is 0 Å². The van der Waals surface area contributed by atoms with Crippen molar-refractivity contribution in [3.05, 3.63) is 59.9 Å². The number of likely N-dealkylation sites (N-methyl/N-ethyl adjacent to an activating group) is 1. The topological polar surface area (TPSA) is 50.8 Å². The number of carbonyl (C=O) groups excluding carboxylic acids is 1. The normalized spacial score (nSPS) is 10.1. The smallest absolute Gasteiger partial charge is 0.317 e. The Bertz CT molecular complexity index is 662. The Morgan fingerprint density at radius 2 is 1.88 bits per heavy atom. The van der Waals surface area contributed by atoms with Crippen LogP contribution < -0.4 is 14.8 Å². The fourth-order valence-electron chi connectivity index (χ4n) is 2.09. The highest BCUT2D eigenvalue weighted by atomic mass is 19.1. The number of rotatable bonds is 7. The van der Waals surface area contributed by atoms with Crippen molar-refractivity contribution in [3.8, 4) is 11.5 Å². The molecule has 0 spiro atoms. The van der Waals surface area contributed by atoms with Crippen LogP contribution in [0.15, 0.2) is 48.5 Å². The Morgan fingerprint density at radius 1 is 1.17 bits per heavy atom. The van der Waals surface area contributed by atoms with Crippen molar-refractivity contribution in [2.24, 2.45) is 0 Å². The van der Waals surface area contributed by atoms with E-state index in [4.69, 9.17) is 9.47 Å². The molecule has 24 heavy (non-hydrogen) atoms. The zero-order valence-corrected chi connectivity index (χ0v) is 13.8. The first-order valence-corrected chi connectivity index (χ1v) is 7.59. The summed E-state index contributed by atoms with van der Waals surface area (Å²) in [6.45, 7) is 1.12. The molecule has 0 radical (unpaired) electrons. The highest BCUT2D eigenvalue weighted by molar-refractivity contribution is 5.73. The predicted octanol–water partition coefficient (Wildman–Crippen LogP) is 3.05. The van der Waals surface area contributed by atoms with Crippen molar-refractivity contribution in [1.82, 2.24) is 10.2 Å². The van der Waals surface area contributed by atoms with Gasteiger partial charge < -0.3 is 19.7 Å². The van der Waals surface area contributed by atoms with Crippen LogP contribution in [0, 0.1) is 5.82 Å². The maximum atomic E-state index is 12.8. The van der Waals surface area contributed by atoms with Crippen LogP contribution in [0.25, 0.3) is 0 Å². The predicted molar refractivity (Wildman–Crippen MR) is 89.8 cm³/mol. The van der Waals surface area contributed by atoms with E-state index in [2.05, 4.69) is 5.32 Å². The second-order valence-electron chi connectivity index (χ2n) is 5.19. The quantitative estimate of drug-likeness (QED) is 0.848. The van der Waals surface area contributed by atoms with Crippen LogP contribution in [0.4, 0.5) is 9.18 Å². The van der Waals surface area contributed by atoms with Gasteiger partial charge in [0.1, 0.15) is 23.9 Å². The number of hydrogen-bond donors (Lipinski definition) is 1. The van der Waals surface area contributed by atoms with Crippen LogP contribution in [0.3, 0.4) is 0 Å². The molecule has 0 heterocycles. The summed E-state index contributed by atoms with van der Waals surface area (Å²) >= 11 is 0. The Balaban J connectivity index is 1.74. The van der Waals surface area contributed by atoms with Crippen LogP contribution in [0.5, 0.6) is 11.5 Å². The van der Waals surface area contributed by atoms with Crippen molar-refractivity contribution in [1.29, 1.82) is 0 Å². The van der Waals surface area contributed by atoms with Crippen molar-refractivity contribution in [3.63, 3.8) is 0 Å². The molecule has 0 fully saturated rings. The van der Waals surface area contributed by atoms with Crippen LogP contribution in [0.2, 0.25) is 0 Å². The summed E-state index contributed by atoms with van der Waals surface area (Å²) in [6, 6.07) is 13.1. The molecule has 0 aromatic heterocycles. The van der Waals surface area contributed by atoms with E-state index in [1.54, 1.807) is 26.3 Å². The van der Waals surface area contributed by atoms with Crippen LogP contribution in [-0.2, 0) is 6.54 Å². The average Bonchev–Trinajstić information content (AvgIpc) is 2.61. The van der Waals surface area contributed by atoms with Gasteiger partial charge in [-0.1, -0.05) is 18.2 Å². The van der Waals surface area contributed by atoms with Crippen molar-refractivity contribution in [2.45, 2.75) is 6.54 Å². The van der Waals surface area contributed by atoms with E-state index >= 15 is 0 Å². The van der Waals surface area contributed by atoms with Gasteiger partial charge in [-0.2, -0.15) is 0 Å². The molecule has 128 valence electrons. The van der Waals surface area contributed by atoms with Gasteiger partial charge in [0.2, 0.25) is 0 Å². The molecule has 0 atom stereocenters. The molecule has 2 aromatic carbocycles. The lowest BCUT2D eigenvalue weighted by Gasteiger charge is -2.18. The summed E-state index contributed by atoms with van der Waals surface area (Å²) in [7, 11) is 3.28. The second kappa shape index (κ2) is 8.76. The third kappa shape index (κ3) is 5.15. The zero-order chi connectivity index (χ0) is 17.4. The fourth-order valence-corrected chi connectivity index (χ4v) is 2.09. The average molecular weight is 332 g/mol. The maximum Gasteiger partial charge on any atom is 0.317 e. The molecule has 1 N–H and O–H groups in total. The molecule has 5 nitrogen and oxygen atoms in total. The monoisotopic (exact) mass is 332 g/mol. The van der Waals surface area contributed by atoms with Crippen molar-refractivity contribution in [2.75, 3.05) is 27.3 Å². The van der Waals surface area contributed by atoms with Crippen LogP contribution >= 0.6 is 0 Å². The largest absolute Gasteiger partial charge is 0.496 e. The van der Waals surface area contributed by atoms with Gasteiger partial charge in [0.25, 0.3) is 0 Å². The Kier molecular flexibility index (Phi) is 6.42. The van der Waals surface area contributed by atoms with E-state index in [1.165, 1.54) is 17.0 Å². The van der Waals surface area contributed by atoms with Gasteiger partial charge in [0.05, 0.1) is 13.7 Å². The molecule has 2 aromatic rings. The number of amides is 2. The maximum absolute atomic E-state index is 12.8. The molecule has 0 bridgehead atoms. The summed E-state index contributed by atoms with van der Waals surface area (Å²) in [5, 5.41) is 2.83. The Morgan fingerprint density at radius 3 is 2.58 bits per heavy atom. The van der Waals surface area contributed by atoms with E-state index in [-0.39, 0.29) is 11.8 Å². The molecule has 0 aliphatic rings. The Labute approximate surface area is 141 Å². The lowest BCUT2D eigenvalue weighted by molar-refractivity contribution is 0.195. The third-order valence-electron chi connectivity index (χ3n) is 3.48. The molecular formula is C18H21FN2O3. The molecule has 0 unspecified atom stereocenters. The summed E-state index contributed by atoms with van der Waals surface area (Å²) in [4.78, 5) is 13.6. The first kappa shape index (κ1) is 17.6. The van der Waals surface area contributed by atoms with E-state index in [0.717, 1.165) is 11.3 Å². The lowest BCUT2D eigenvalue weighted by Crippen LogP contribution is -2.39. The van der Waals surface area contributed by atoms with Crippen LogP contribution in [-0.4, -0.2) is 38.2 Å². The first-order valence-electron chi connectivity index (χ1n) is 7.59. The number of para-hydroxylation sites is 1. The number of urea groups is 1. The molecule has 6 heteroatoms. The second-order valence-corrected chi connectivity index (χ2v) is 5.19. The van der Waals surface area contributed by atoms with E-state index in [9.17, 15) is 9.18 Å². The minimum Gasteiger partial charge on any atom is -0.496 e. The number of methoxy groups -OCH3 is 1. The standard InChI is InChI=1S/C18H21FN2O3/c1-21(11-12-24-16-9-7-15(19)8-10-16)18(22)20-13-14-5-3-4-6-17(14)23-2/h3-10H,11-13H2,1-2H3,(H,20,22).